The first-order valence-electron chi connectivity index (χ1n) is 7.09. The van der Waals surface area contributed by atoms with Crippen molar-refractivity contribution in [3.8, 4) is 0 Å². The Kier molecular flexibility index (Phi) is 3.74. The second-order valence-corrected chi connectivity index (χ2v) is 6.76. The first-order chi connectivity index (χ1) is 8.80. The SMILES string of the molecule is CC(C)(C)C1CC(C(=O)N2CCC2)CCN1C(=O)O. The molecule has 2 amide bonds. The van der Waals surface area contributed by atoms with Crippen molar-refractivity contribution < 1.29 is 14.7 Å². The normalized spacial score (nSPS) is 27.9. The molecule has 0 spiro atoms. The standard InChI is InChI=1S/C14H24N2O3/c1-14(2,3)11-9-10(5-8-16(11)13(18)19)12(17)15-6-4-7-15/h10-11H,4-9H2,1-3H3,(H,18,19). The fourth-order valence-electron chi connectivity index (χ4n) is 3.03. The highest BCUT2D eigenvalue weighted by molar-refractivity contribution is 5.80. The molecular formula is C14H24N2O3. The topological polar surface area (TPSA) is 60.9 Å². The third-order valence-corrected chi connectivity index (χ3v) is 4.36. The largest absolute Gasteiger partial charge is 0.465 e. The van der Waals surface area contributed by atoms with Gasteiger partial charge in [-0.25, -0.2) is 4.79 Å². The lowest BCUT2D eigenvalue weighted by Crippen LogP contribution is -2.55. The molecule has 2 fully saturated rings. The maximum atomic E-state index is 12.3. The summed E-state index contributed by atoms with van der Waals surface area (Å²) in [6.45, 7) is 8.36. The van der Waals surface area contributed by atoms with Crippen LogP contribution >= 0.6 is 0 Å². The molecule has 2 rings (SSSR count). The molecule has 0 aromatic carbocycles. The molecule has 2 aliphatic rings. The van der Waals surface area contributed by atoms with Gasteiger partial charge in [-0.15, -0.1) is 0 Å². The summed E-state index contributed by atoms with van der Waals surface area (Å²) in [5.74, 6) is 0.227. The minimum absolute atomic E-state index is 0.000116. The minimum atomic E-state index is -0.866. The minimum Gasteiger partial charge on any atom is -0.465 e. The summed E-state index contributed by atoms with van der Waals surface area (Å²) in [6.07, 6.45) is 1.55. The number of carboxylic acid groups (broad SMARTS) is 1. The molecule has 0 aromatic rings. The molecule has 108 valence electrons. The molecule has 19 heavy (non-hydrogen) atoms. The summed E-state index contributed by atoms with van der Waals surface area (Å²) in [7, 11) is 0. The molecule has 0 aromatic heterocycles. The van der Waals surface area contributed by atoms with Crippen LogP contribution in [-0.4, -0.2) is 52.6 Å². The van der Waals surface area contributed by atoms with Gasteiger partial charge in [0, 0.05) is 31.6 Å². The molecule has 2 saturated heterocycles. The van der Waals surface area contributed by atoms with E-state index in [1.54, 1.807) is 0 Å². The van der Waals surface area contributed by atoms with E-state index in [0.29, 0.717) is 19.4 Å². The molecule has 2 heterocycles. The average molecular weight is 268 g/mol. The summed E-state index contributed by atoms with van der Waals surface area (Å²) in [6, 6.07) is -0.0750. The predicted octanol–water partition coefficient (Wildman–Crippen LogP) is 2.02. The summed E-state index contributed by atoms with van der Waals surface area (Å²) in [5.41, 5.74) is -0.133. The molecule has 0 bridgehead atoms. The quantitative estimate of drug-likeness (QED) is 0.791. The van der Waals surface area contributed by atoms with E-state index in [1.807, 2.05) is 25.7 Å². The number of piperidine rings is 1. The lowest BCUT2D eigenvalue weighted by atomic mass is 9.76. The second kappa shape index (κ2) is 5.02. The maximum Gasteiger partial charge on any atom is 0.407 e. The van der Waals surface area contributed by atoms with Crippen LogP contribution in [0.15, 0.2) is 0 Å². The van der Waals surface area contributed by atoms with Crippen molar-refractivity contribution in [3.63, 3.8) is 0 Å². The summed E-state index contributed by atoms with van der Waals surface area (Å²) in [4.78, 5) is 27.0. The third-order valence-electron chi connectivity index (χ3n) is 4.36. The van der Waals surface area contributed by atoms with Crippen molar-refractivity contribution in [2.24, 2.45) is 11.3 Å². The monoisotopic (exact) mass is 268 g/mol. The van der Waals surface area contributed by atoms with Crippen LogP contribution in [-0.2, 0) is 4.79 Å². The maximum absolute atomic E-state index is 12.3. The van der Waals surface area contributed by atoms with Crippen molar-refractivity contribution in [1.82, 2.24) is 9.80 Å². The zero-order valence-electron chi connectivity index (χ0n) is 12.1. The lowest BCUT2D eigenvalue weighted by Gasteiger charge is -2.45. The average Bonchev–Trinajstić information content (AvgIpc) is 2.24. The van der Waals surface area contributed by atoms with E-state index in [9.17, 15) is 14.7 Å². The van der Waals surface area contributed by atoms with Crippen molar-refractivity contribution >= 4 is 12.0 Å². The summed E-state index contributed by atoms with van der Waals surface area (Å²) in [5, 5.41) is 9.29. The zero-order valence-corrected chi connectivity index (χ0v) is 12.1. The van der Waals surface area contributed by atoms with Gasteiger partial charge in [0.2, 0.25) is 5.91 Å². The molecule has 0 radical (unpaired) electrons. The number of amides is 2. The van der Waals surface area contributed by atoms with E-state index in [1.165, 1.54) is 4.90 Å². The zero-order chi connectivity index (χ0) is 14.2. The van der Waals surface area contributed by atoms with Gasteiger partial charge in [-0.05, 0) is 24.7 Å². The van der Waals surface area contributed by atoms with Crippen molar-refractivity contribution in [2.45, 2.75) is 46.1 Å². The highest BCUT2D eigenvalue weighted by Crippen LogP contribution is 2.35. The van der Waals surface area contributed by atoms with Crippen LogP contribution in [0.25, 0.3) is 0 Å². The van der Waals surface area contributed by atoms with E-state index < -0.39 is 6.09 Å². The van der Waals surface area contributed by atoms with Crippen molar-refractivity contribution in [3.05, 3.63) is 0 Å². The van der Waals surface area contributed by atoms with Gasteiger partial charge in [-0.2, -0.15) is 0 Å². The van der Waals surface area contributed by atoms with E-state index in [0.717, 1.165) is 19.5 Å². The summed E-state index contributed by atoms with van der Waals surface area (Å²) < 4.78 is 0. The van der Waals surface area contributed by atoms with Gasteiger partial charge in [-0.3, -0.25) is 4.79 Å². The van der Waals surface area contributed by atoms with E-state index in [-0.39, 0.29) is 23.3 Å². The Hall–Kier alpha value is -1.26. The fourth-order valence-corrected chi connectivity index (χ4v) is 3.03. The van der Waals surface area contributed by atoms with Gasteiger partial charge < -0.3 is 14.9 Å². The van der Waals surface area contributed by atoms with Gasteiger partial charge in [0.25, 0.3) is 0 Å². The smallest absolute Gasteiger partial charge is 0.407 e. The molecule has 2 aliphatic heterocycles. The van der Waals surface area contributed by atoms with Crippen LogP contribution in [0.3, 0.4) is 0 Å². The third kappa shape index (κ3) is 2.85. The Morgan fingerprint density at radius 3 is 2.21 bits per heavy atom. The number of rotatable bonds is 1. The Balaban J connectivity index is 2.08. The molecule has 1 N–H and O–H groups in total. The van der Waals surface area contributed by atoms with E-state index in [4.69, 9.17) is 0 Å². The van der Waals surface area contributed by atoms with Crippen LogP contribution in [0.2, 0.25) is 0 Å². The lowest BCUT2D eigenvalue weighted by molar-refractivity contribution is -0.141. The van der Waals surface area contributed by atoms with Crippen LogP contribution in [0.5, 0.6) is 0 Å². The number of carbonyl (C=O) groups is 2. The van der Waals surface area contributed by atoms with Gasteiger partial charge in [0.15, 0.2) is 0 Å². The Bertz CT molecular complexity index is 371. The molecule has 5 heteroatoms. The van der Waals surface area contributed by atoms with Gasteiger partial charge in [0.05, 0.1) is 0 Å². The fraction of sp³-hybridized carbons (Fsp3) is 0.857. The number of carbonyl (C=O) groups excluding carboxylic acids is 1. The molecule has 5 nitrogen and oxygen atoms in total. The highest BCUT2D eigenvalue weighted by Gasteiger charge is 2.42. The number of nitrogens with zero attached hydrogens (tertiary/aromatic N) is 2. The number of hydrogen-bond acceptors (Lipinski definition) is 2. The molecule has 2 atom stereocenters. The molecule has 0 aliphatic carbocycles. The summed E-state index contributed by atoms with van der Waals surface area (Å²) >= 11 is 0. The van der Waals surface area contributed by atoms with Crippen LogP contribution < -0.4 is 0 Å². The van der Waals surface area contributed by atoms with Crippen molar-refractivity contribution in [1.29, 1.82) is 0 Å². The van der Waals surface area contributed by atoms with E-state index >= 15 is 0 Å². The van der Waals surface area contributed by atoms with Crippen LogP contribution in [0, 0.1) is 11.3 Å². The molecule has 2 unspecified atom stereocenters. The first kappa shape index (κ1) is 14.2. The highest BCUT2D eigenvalue weighted by atomic mass is 16.4. The number of hydrogen-bond donors (Lipinski definition) is 1. The van der Waals surface area contributed by atoms with Crippen LogP contribution in [0.4, 0.5) is 4.79 Å². The van der Waals surface area contributed by atoms with Crippen LogP contribution in [0.1, 0.15) is 40.0 Å². The Labute approximate surface area is 114 Å². The van der Waals surface area contributed by atoms with Gasteiger partial charge in [-0.1, -0.05) is 20.8 Å². The van der Waals surface area contributed by atoms with Gasteiger partial charge >= 0.3 is 6.09 Å². The number of likely N-dealkylation sites (tertiary alicyclic amines) is 2. The molecular weight excluding hydrogens is 244 g/mol. The second-order valence-electron chi connectivity index (χ2n) is 6.76. The van der Waals surface area contributed by atoms with Crippen molar-refractivity contribution in [2.75, 3.05) is 19.6 Å². The van der Waals surface area contributed by atoms with E-state index in [2.05, 4.69) is 0 Å². The Morgan fingerprint density at radius 1 is 1.16 bits per heavy atom. The van der Waals surface area contributed by atoms with Gasteiger partial charge in [0.1, 0.15) is 0 Å². The first-order valence-corrected chi connectivity index (χ1v) is 7.09. The Morgan fingerprint density at radius 2 is 1.79 bits per heavy atom. The molecule has 0 saturated carbocycles. The predicted molar refractivity (Wildman–Crippen MR) is 71.9 cm³/mol.